The van der Waals surface area contributed by atoms with Gasteiger partial charge in [0.2, 0.25) is 0 Å². The molecule has 0 bridgehead atoms. The Morgan fingerprint density at radius 1 is 1.47 bits per heavy atom. The Morgan fingerprint density at radius 2 is 2.07 bits per heavy atom. The molecule has 15 heavy (non-hydrogen) atoms. The quantitative estimate of drug-likeness (QED) is 0.629. The first kappa shape index (κ1) is 12.4. The van der Waals surface area contributed by atoms with Crippen LogP contribution in [0.3, 0.4) is 0 Å². The maximum atomic E-state index is 12.4. The fourth-order valence-electron chi connectivity index (χ4n) is 0.983. The van der Waals surface area contributed by atoms with Crippen LogP contribution in [0.4, 0.5) is 4.39 Å². The summed E-state index contributed by atoms with van der Waals surface area (Å²) in [6.45, 7) is 1.57. The number of carbonyl (C=O) groups excluding carboxylic acids is 1. The van der Waals surface area contributed by atoms with Gasteiger partial charge in [-0.25, -0.2) is 9.18 Å². The van der Waals surface area contributed by atoms with Crippen molar-refractivity contribution in [3.8, 4) is 0 Å². The van der Waals surface area contributed by atoms with Gasteiger partial charge in [0.25, 0.3) is 0 Å². The van der Waals surface area contributed by atoms with E-state index in [0.29, 0.717) is 5.56 Å². The van der Waals surface area contributed by atoms with Crippen LogP contribution in [0, 0.1) is 3.57 Å². The van der Waals surface area contributed by atoms with Crippen molar-refractivity contribution < 1.29 is 13.9 Å². The predicted molar refractivity (Wildman–Crippen MR) is 64.6 cm³/mol. The van der Waals surface area contributed by atoms with Crippen molar-refractivity contribution in [3.05, 3.63) is 33.4 Å². The lowest BCUT2D eigenvalue weighted by molar-refractivity contribution is 0.0478. The van der Waals surface area contributed by atoms with Crippen LogP contribution in [0.1, 0.15) is 23.7 Å². The van der Waals surface area contributed by atoms with Crippen molar-refractivity contribution in [1.29, 1.82) is 0 Å². The summed E-state index contributed by atoms with van der Waals surface area (Å²) in [4.78, 5) is 11.4. The standard InChI is InChI=1S/C11H12FIO2/c1-8(12)6-7-15-11(14)9-2-4-10(13)5-3-9/h2-5,8H,6-7H2,1H3. The Labute approximate surface area is 102 Å². The van der Waals surface area contributed by atoms with Gasteiger partial charge in [0.1, 0.15) is 6.17 Å². The SMILES string of the molecule is CC(F)CCOC(=O)c1ccc(I)cc1. The van der Waals surface area contributed by atoms with Crippen LogP contribution >= 0.6 is 22.6 Å². The Kier molecular flexibility index (Phi) is 5.01. The molecule has 1 aromatic carbocycles. The maximum Gasteiger partial charge on any atom is 0.338 e. The van der Waals surface area contributed by atoms with Crippen LogP contribution in [-0.4, -0.2) is 18.7 Å². The molecule has 1 aromatic rings. The van der Waals surface area contributed by atoms with Gasteiger partial charge < -0.3 is 4.74 Å². The van der Waals surface area contributed by atoms with Gasteiger partial charge in [0, 0.05) is 9.99 Å². The average Bonchev–Trinajstić information content (AvgIpc) is 2.18. The van der Waals surface area contributed by atoms with Gasteiger partial charge >= 0.3 is 5.97 Å². The molecule has 4 heteroatoms. The van der Waals surface area contributed by atoms with Gasteiger partial charge in [0.05, 0.1) is 12.2 Å². The van der Waals surface area contributed by atoms with Gasteiger partial charge in [-0.3, -0.25) is 0 Å². The molecule has 0 aliphatic rings. The van der Waals surface area contributed by atoms with E-state index in [1.54, 1.807) is 12.1 Å². The monoisotopic (exact) mass is 322 g/mol. The van der Waals surface area contributed by atoms with Crippen molar-refractivity contribution in [2.24, 2.45) is 0 Å². The first-order chi connectivity index (χ1) is 7.09. The summed E-state index contributed by atoms with van der Waals surface area (Å²) in [5.74, 6) is -0.396. The number of ether oxygens (including phenoxy) is 1. The van der Waals surface area contributed by atoms with Crippen LogP contribution in [0.25, 0.3) is 0 Å². The first-order valence-electron chi connectivity index (χ1n) is 4.66. The maximum absolute atomic E-state index is 12.4. The highest BCUT2D eigenvalue weighted by Gasteiger charge is 2.07. The number of carbonyl (C=O) groups is 1. The smallest absolute Gasteiger partial charge is 0.338 e. The molecule has 1 unspecified atom stereocenters. The van der Waals surface area contributed by atoms with E-state index in [1.807, 2.05) is 12.1 Å². The number of hydrogen-bond donors (Lipinski definition) is 0. The molecule has 0 radical (unpaired) electrons. The van der Waals surface area contributed by atoms with Crippen LogP contribution in [0.2, 0.25) is 0 Å². The number of benzene rings is 1. The summed E-state index contributed by atoms with van der Waals surface area (Å²) in [5.41, 5.74) is 0.502. The highest BCUT2D eigenvalue weighted by molar-refractivity contribution is 14.1. The van der Waals surface area contributed by atoms with Gasteiger partial charge in [0.15, 0.2) is 0 Å². The van der Waals surface area contributed by atoms with E-state index >= 15 is 0 Å². The summed E-state index contributed by atoms with van der Waals surface area (Å²) in [6, 6.07) is 7.05. The predicted octanol–water partition coefficient (Wildman–Crippen LogP) is 3.20. The van der Waals surface area contributed by atoms with Crippen molar-refractivity contribution in [2.45, 2.75) is 19.5 Å². The van der Waals surface area contributed by atoms with Gasteiger partial charge in [-0.15, -0.1) is 0 Å². The summed E-state index contributed by atoms with van der Waals surface area (Å²) in [6.07, 6.45) is -0.689. The second kappa shape index (κ2) is 6.05. The molecule has 0 saturated heterocycles. The Bertz CT molecular complexity index is 322. The molecule has 1 atom stereocenters. The van der Waals surface area contributed by atoms with Gasteiger partial charge in [-0.05, 0) is 53.8 Å². The summed E-state index contributed by atoms with van der Waals surface area (Å²) < 4.78 is 18.4. The van der Waals surface area contributed by atoms with Crippen LogP contribution < -0.4 is 0 Å². The largest absolute Gasteiger partial charge is 0.462 e. The summed E-state index contributed by atoms with van der Waals surface area (Å²) >= 11 is 2.16. The number of hydrogen-bond acceptors (Lipinski definition) is 2. The average molecular weight is 322 g/mol. The second-order valence-corrected chi connectivity index (χ2v) is 4.46. The van der Waals surface area contributed by atoms with E-state index in [0.717, 1.165) is 3.57 Å². The second-order valence-electron chi connectivity index (χ2n) is 3.21. The molecule has 0 amide bonds. The normalized spacial score (nSPS) is 12.2. The van der Waals surface area contributed by atoms with Crippen LogP contribution in [0.15, 0.2) is 24.3 Å². The summed E-state index contributed by atoms with van der Waals surface area (Å²) in [5, 5.41) is 0. The van der Waals surface area contributed by atoms with Crippen LogP contribution in [-0.2, 0) is 4.74 Å². The number of esters is 1. The van der Waals surface area contributed by atoms with E-state index in [2.05, 4.69) is 22.6 Å². The highest BCUT2D eigenvalue weighted by Crippen LogP contribution is 2.08. The van der Waals surface area contributed by atoms with E-state index in [4.69, 9.17) is 4.74 Å². The Morgan fingerprint density at radius 3 is 2.60 bits per heavy atom. The first-order valence-corrected chi connectivity index (χ1v) is 5.74. The lowest BCUT2D eigenvalue weighted by Crippen LogP contribution is -2.09. The summed E-state index contributed by atoms with van der Waals surface area (Å²) in [7, 11) is 0. The fourth-order valence-corrected chi connectivity index (χ4v) is 1.34. The molecule has 82 valence electrons. The zero-order chi connectivity index (χ0) is 11.3. The lowest BCUT2D eigenvalue weighted by atomic mass is 10.2. The zero-order valence-electron chi connectivity index (χ0n) is 8.37. The molecule has 0 aliphatic heterocycles. The van der Waals surface area contributed by atoms with Crippen molar-refractivity contribution in [3.63, 3.8) is 0 Å². The molecule has 2 nitrogen and oxygen atoms in total. The Hall–Kier alpha value is -0.650. The molecular weight excluding hydrogens is 310 g/mol. The van der Waals surface area contributed by atoms with Crippen molar-refractivity contribution >= 4 is 28.6 Å². The lowest BCUT2D eigenvalue weighted by Gasteiger charge is -2.05. The molecule has 0 N–H and O–H groups in total. The van der Waals surface area contributed by atoms with Crippen molar-refractivity contribution in [2.75, 3.05) is 6.61 Å². The Balaban J connectivity index is 2.43. The minimum absolute atomic E-state index is 0.127. The minimum Gasteiger partial charge on any atom is -0.462 e. The van der Waals surface area contributed by atoms with Crippen LogP contribution in [0.5, 0.6) is 0 Å². The van der Waals surface area contributed by atoms with E-state index in [1.165, 1.54) is 6.92 Å². The zero-order valence-corrected chi connectivity index (χ0v) is 10.5. The molecular formula is C11H12FIO2. The molecule has 0 heterocycles. The molecule has 0 fully saturated rings. The topological polar surface area (TPSA) is 26.3 Å². The van der Waals surface area contributed by atoms with Gasteiger partial charge in [-0.1, -0.05) is 0 Å². The van der Waals surface area contributed by atoms with E-state index in [-0.39, 0.29) is 13.0 Å². The number of alkyl halides is 1. The van der Waals surface area contributed by atoms with E-state index in [9.17, 15) is 9.18 Å². The van der Waals surface area contributed by atoms with Gasteiger partial charge in [-0.2, -0.15) is 0 Å². The molecule has 0 aliphatic carbocycles. The molecule has 1 rings (SSSR count). The molecule has 0 saturated carbocycles. The third kappa shape index (κ3) is 4.59. The molecule has 0 aromatic heterocycles. The number of halogens is 2. The van der Waals surface area contributed by atoms with Crippen molar-refractivity contribution in [1.82, 2.24) is 0 Å². The number of rotatable bonds is 4. The minimum atomic E-state index is -0.936. The van der Waals surface area contributed by atoms with E-state index < -0.39 is 12.1 Å². The highest BCUT2D eigenvalue weighted by atomic mass is 127. The molecule has 0 spiro atoms. The fraction of sp³-hybridized carbons (Fsp3) is 0.364. The third-order valence-electron chi connectivity index (χ3n) is 1.83. The third-order valence-corrected chi connectivity index (χ3v) is 2.55.